The monoisotopic (exact) mass is 556 g/mol. The van der Waals surface area contributed by atoms with Gasteiger partial charge in [0.25, 0.3) is 11.8 Å². The standard InChI is InChI=1S/C16H15NO4.C15H13NO4/c1-20-12-8-9-13(16(19)21-2)14(10-12)17-15(18)11-6-4-3-5-7-11;1-20-15(19)12-8-7-11(17)9-13(12)16-14(18)10-5-3-2-4-6-10/h3-10H,1-2H3,(H,17,18);2-9,17H,1H3,(H,16,18). The fourth-order valence-corrected chi connectivity index (χ4v) is 3.53. The average Bonchev–Trinajstić information content (AvgIpc) is 3.01. The summed E-state index contributed by atoms with van der Waals surface area (Å²) in [6, 6.07) is 26.1. The van der Waals surface area contributed by atoms with Crippen LogP contribution in [0.3, 0.4) is 0 Å². The van der Waals surface area contributed by atoms with Crippen LogP contribution in [0.15, 0.2) is 97.1 Å². The molecule has 3 N–H and O–H groups in total. The summed E-state index contributed by atoms with van der Waals surface area (Å²) in [5.41, 5.74) is 1.93. The van der Waals surface area contributed by atoms with Gasteiger partial charge in [0.15, 0.2) is 0 Å². The molecule has 0 spiro atoms. The lowest BCUT2D eigenvalue weighted by Crippen LogP contribution is -2.15. The van der Waals surface area contributed by atoms with E-state index in [-0.39, 0.29) is 34.4 Å². The molecule has 4 rings (SSSR count). The third-order valence-electron chi connectivity index (χ3n) is 5.61. The first-order valence-corrected chi connectivity index (χ1v) is 12.2. The van der Waals surface area contributed by atoms with Gasteiger partial charge in [-0.2, -0.15) is 0 Å². The van der Waals surface area contributed by atoms with Crippen molar-refractivity contribution in [2.75, 3.05) is 32.0 Å². The van der Waals surface area contributed by atoms with Crippen molar-refractivity contribution in [3.63, 3.8) is 0 Å². The van der Waals surface area contributed by atoms with E-state index in [2.05, 4.69) is 15.4 Å². The normalized spacial score (nSPS) is 9.83. The predicted octanol–water partition coefficient (Wildman–Crippen LogP) is 5.17. The third kappa shape index (κ3) is 8.17. The Balaban J connectivity index is 0.000000226. The molecule has 0 aliphatic rings. The summed E-state index contributed by atoms with van der Waals surface area (Å²) in [6.07, 6.45) is 0. The summed E-state index contributed by atoms with van der Waals surface area (Å²) in [6.45, 7) is 0. The van der Waals surface area contributed by atoms with Gasteiger partial charge in [-0.1, -0.05) is 36.4 Å². The molecule has 41 heavy (non-hydrogen) atoms. The van der Waals surface area contributed by atoms with Crippen LogP contribution in [0.5, 0.6) is 11.5 Å². The van der Waals surface area contributed by atoms with Crippen molar-refractivity contribution in [3.05, 3.63) is 119 Å². The Labute approximate surface area is 236 Å². The molecule has 0 saturated heterocycles. The van der Waals surface area contributed by atoms with Gasteiger partial charge in [-0.05, 0) is 48.5 Å². The van der Waals surface area contributed by atoms with Crippen LogP contribution in [0.1, 0.15) is 41.4 Å². The summed E-state index contributed by atoms with van der Waals surface area (Å²) >= 11 is 0. The minimum Gasteiger partial charge on any atom is -0.508 e. The molecule has 0 atom stereocenters. The number of hydrogen-bond acceptors (Lipinski definition) is 8. The van der Waals surface area contributed by atoms with Gasteiger partial charge in [-0.15, -0.1) is 0 Å². The van der Waals surface area contributed by atoms with Gasteiger partial charge >= 0.3 is 11.9 Å². The Morgan fingerprint density at radius 1 is 0.585 bits per heavy atom. The fraction of sp³-hybridized carbons (Fsp3) is 0.0968. The molecule has 0 saturated carbocycles. The Morgan fingerprint density at radius 2 is 1.02 bits per heavy atom. The topological polar surface area (TPSA) is 140 Å². The molecule has 0 unspecified atom stereocenters. The van der Waals surface area contributed by atoms with Crippen LogP contribution in [0.25, 0.3) is 0 Å². The molecule has 0 aliphatic carbocycles. The van der Waals surface area contributed by atoms with E-state index in [0.29, 0.717) is 22.6 Å². The van der Waals surface area contributed by atoms with Gasteiger partial charge < -0.3 is 30.0 Å². The summed E-state index contributed by atoms with van der Waals surface area (Å²) in [5.74, 6) is -1.32. The lowest BCUT2D eigenvalue weighted by molar-refractivity contribution is 0.0592. The quantitative estimate of drug-likeness (QED) is 0.265. The van der Waals surface area contributed by atoms with Crippen LogP contribution in [-0.2, 0) is 9.47 Å². The number of methoxy groups -OCH3 is 3. The average molecular weight is 557 g/mol. The number of nitrogens with one attached hydrogen (secondary N) is 2. The van der Waals surface area contributed by atoms with Crippen LogP contribution in [-0.4, -0.2) is 50.2 Å². The van der Waals surface area contributed by atoms with Crippen LogP contribution in [0, 0.1) is 0 Å². The second kappa shape index (κ2) is 14.5. The zero-order chi connectivity index (χ0) is 29.8. The van der Waals surface area contributed by atoms with Crippen molar-refractivity contribution in [1.82, 2.24) is 0 Å². The van der Waals surface area contributed by atoms with Gasteiger partial charge in [-0.3, -0.25) is 9.59 Å². The van der Waals surface area contributed by atoms with E-state index in [1.807, 2.05) is 6.07 Å². The molecule has 10 heteroatoms. The summed E-state index contributed by atoms with van der Waals surface area (Å²) in [4.78, 5) is 47.6. The molecule has 2 amide bonds. The Morgan fingerprint density at radius 3 is 1.46 bits per heavy atom. The van der Waals surface area contributed by atoms with Gasteiger partial charge in [0.2, 0.25) is 0 Å². The largest absolute Gasteiger partial charge is 0.508 e. The van der Waals surface area contributed by atoms with Crippen molar-refractivity contribution in [2.24, 2.45) is 0 Å². The molecule has 0 heterocycles. The zero-order valence-electron chi connectivity index (χ0n) is 22.5. The van der Waals surface area contributed by atoms with E-state index >= 15 is 0 Å². The molecular formula is C31H28N2O8. The maximum atomic E-state index is 12.2. The van der Waals surface area contributed by atoms with Gasteiger partial charge in [-0.25, -0.2) is 9.59 Å². The highest BCUT2D eigenvalue weighted by Crippen LogP contribution is 2.25. The van der Waals surface area contributed by atoms with Crippen LogP contribution in [0.2, 0.25) is 0 Å². The smallest absolute Gasteiger partial charge is 0.339 e. The molecule has 4 aromatic rings. The minimum absolute atomic E-state index is 0.0546. The van der Waals surface area contributed by atoms with E-state index in [9.17, 15) is 24.3 Å². The van der Waals surface area contributed by atoms with E-state index in [1.54, 1.807) is 72.8 Å². The minimum atomic E-state index is -0.589. The zero-order valence-corrected chi connectivity index (χ0v) is 22.5. The number of carbonyl (C=O) groups is 4. The fourth-order valence-electron chi connectivity index (χ4n) is 3.53. The second-order valence-electron chi connectivity index (χ2n) is 8.26. The number of esters is 2. The number of amides is 2. The highest BCUT2D eigenvalue weighted by Gasteiger charge is 2.17. The molecular weight excluding hydrogens is 528 g/mol. The highest BCUT2D eigenvalue weighted by molar-refractivity contribution is 6.09. The summed E-state index contributed by atoms with van der Waals surface area (Å²) < 4.78 is 14.4. The summed E-state index contributed by atoms with van der Waals surface area (Å²) in [5, 5.41) is 14.8. The number of aromatic hydroxyl groups is 1. The lowest BCUT2D eigenvalue weighted by Gasteiger charge is -2.11. The maximum Gasteiger partial charge on any atom is 0.339 e. The first-order valence-electron chi connectivity index (χ1n) is 12.2. The molecule has 0 fully saturated rings. The summed E-state index contributed by atoms with van der Waals surface area (Å²) in [7, 11) is 4.04. The molecule has 210 valence electrons. The molecule has 0 aliphatic heterocycles. The van der Waals surface area contributed by atoms with E-state index in [4.69, 9.17) is 9.47 Å². The van der Waals surface area contributed by atoms with Gasteiger partial charge in [0, 0.05) is 23.3 Å². The Bertz CT molecular complexity index is 1520. The number of benzene rings is 4. The maximum absolute atomic E-state index is 12.2. The number of anilines is 2. The second-order valence-corrected chi connectivity index (χ2v) is 8.26. The Hall–Kier alpha value is -5.64. The van der Waals surface area contributed by atoms with Crippen molar-refractivity contribution < 1.29 is 38.5 Å². The number of phenolic OH excluding ortho intramolecular Hbond substituents is 1. The van der Waals surface area contributed by atoms with Crippen molar-refractivity contribution in [3.8, 4) is 11.5 Å². The van der Waals surface area contributed by atoms with E-state index in [0.717, 1.165) is 0 Å². The van der Waals surface area contributed by atoms with Crippen molar-refractivity contribution >= 4 is 35.1 Å². The molecule has 10 nitrogen and oxygen atoms in total. The third-order valence-corrected chi connectivity index (χ3v) is 5.61. The first kappa shape index (κ1) is 29.9. The highest BCUT2D eigenvalue weighted by atomic mass is 16.5. The predicted molar refractivity (Wildman–Crippen MR) is 153 cm³/mol. The van der Waals surface area contributed by atoms with Gasteiger partial charge in [0.1, 0.15) is 11.5 Å². The first-order chi connectivity index (χ1) is 19.8. The lowest BCUT2D eigenvalue weighted by atomic mass is 10.1. The number of ether oxygens (including phenoxy) is 3. The van der Waals surface area contributed by atoms with Crippen LogP contribution in [0.4, 0.5) is 11.4 Å². The van der Waals surface area contributed by atoms with E-state index in [1.165, 1.54) is 39.5 Å². The van der Waals surface area contributed by atoms with Crippen LogP contribution >= 0.6 is 0 Å². The van der Waals surface area contributed by atoms with Crippen molar-refractivity contribution in [2.45, 2.75) is 0 Å². The van der Waals surface area contributed by atoms with Gasteiger partial charge in [0.05, 0.1) is 43.8 Å². The number of rotatable bonds is 7. The van der Waals surface area contributed by atoms with Crippen LogP contribution < -0.4 is 15.4 Å². The SMILES string of the molecule is COC(=O)c1ccc(O)cc1NC(=O)c1ccccc1.COC(=O)c1ccc(OC)cc1NC(=O)c1ccccc1. The Kier molecular flexibility index (Phi) is 10.6. The molecule has 0 aromatic heterocycles. The number of carbonyl (C=O) groups excluding carboxylic acids is 4. The number of hydrogen-bond donors (Lipinski definition) is 3. The van der Waals surface area contributed by atoms with E-state index < -0.39 is 11.9 Å². The molecule has 0 radical (unpaired) electrons. The molecule has 4 aromatic carbocycles. The molecule has 0 bridgehead atoms. The number of phenols is 1. The van der Waals surface area contributed by atoms with Crippen molar-refractivity contribution in [1.29, 1.82) is 0 Å².